The number of thiazole rings is 1. The molecule has 0 saturated heterocycles. The zero-order valence-corrected chi connectivity index (χ0v) is 10.7. The van der Waals surface area contributed by atoms with Gasteiger partial charge in [0, 0.05) is 17.8 Å². The fourth-order valence-corrected chi connectivity index (χ4v) is 1.91. The average molecular weight is 249 g/mol. The minimum Gasteiger partial charge on any atom is -0.473 e. The number of rotatable bonds is 5. The van der Waals surface area contributed by atoms with Crippen LogP contribution >= 0.6 is 11.3 Å². The molecule has 5 heteroatoms. The molecule has 17 heavy (non-hydrogen) atoms. The van der Waals surface area contributed by atoms with Crippen molar-refractivity contribution < 1.29 is 4.74 Å². The van der Waals surface area contributed by atoms with E-state index in [9.17, 15) is 0 Å². The molecule has 0 aliphatic heterocycles. The van der Waals surface area contributed by atoms with Gasteiger partial charge in [0.05, 0.1) is 18.3 Å². The Morgan fingerprint density at radius 2 is 2.24 bits per heavy atom. The van der Waals surface area contributed by atoms with E-state index in [0.29, 0.717) is 12.4 Å². The van der Waals surface area contributed by atoms with E-state index in [1.807, 2.05) is 31.4 Å². The standard InChI is InChI=1S/C12H15N3OS/c1-9(2)16-12-10(4-3-5-14-12)15-8-11-13-6-7-17-11/h3-7,9,15H,8H2,1-2H3. The Bertz CT molecular complexity index is 457. The molecule has 0 aliphatic carbocycles. The van der Waals surface area contributed by atoms with Crippen LogP contribution < -0.4 is 10.1 Å². The van der Waals surface area contributed by atoms with E-state index >= 15 is 0 Å². The fourth-order valence-electron chi connectivity index (χ4n) is 1.35. The summed E-state index contributed by atoms with van der Waals surface area (Å²) in [5, 5.41) is 6.29. The van der Waals surface area contributed by atoms with E-state index in [0.717, 1.165) is 10.7 Å². The molecule has 0 bridgehead atoms. The maximum absolute atomic E-state index is 5.62. The van der Waals surface area contributed by atoms with Crippen LogP contribution in [0, 0.1) is 0 Å². The quantitative estimate of drug-likeness (QED) is 0.885. The van der Waals surface area contributed by atoms with Crippen molar-refractivity contribution in [1.29, 1.82) is 0 Å². The lowest BCUT2D eigenvalue weighted by Crippen LogP contribution is -2.09. The van der Waals surface area contributed by atoms with Crippen molar-refractivity contribution in [3.8, 4) is 5.88 Å². The molecule has 0 radical (unpaired) electrons. The number of nitrogens with zero attached hydrogens (tertiary/aromatic N) is 2. The van der Waals surface area contributed by atoms with Crippen LogP contribution in [0.1, 0.15) is 18.9 Å². The molecular formula is C12H15N3OS. The minimum atomic E-state index is 0.116. The van der Waals surface area contributed by atoms with E-state index in [-0.39, 0.29) is 6.10 Å². The first kappa shape index (κ1) is 11.9. The predicted molar refractivity (Wildman–Crippen MR) is 69.4 cm³/mol. The monoisotopic (exact) mass is 249 g/mol. The smallest absolute Gasteiger partial charge is 0.237 e. The van der Waals surface area contributed by atoms with Gasteiger partial charge in [-0.1, -0.05) is 0 Å². The van der Waals surface area contributed by atoms with Crippen molar-refractivity contribution in [2.75, 3.05) is 5.32 Å². The van der Waals surface area contributed by atoms with E-state index in [1.54, 1.807) is 23.7 Å². The fraction of sp³-hybridized carbons (Fsp3) is 0.333. The second-order valence-corrected chi connectivity index (χ2v) is 4.78. The molecule has 90 valence electrons. The maximum atomic E-state index is 5.62. The molecule has 2 aromatic heterocycles. The number of aromatic nitrogens is 2. The molecule has 0 unspecified atom stereocenters. The van der Waals surface area contributed by atoms with E-state index in [2.05, 4.69) is 15.3 Å². The van der Waals surface area contributed by atoms with Gasteiger partial charge in [0.25, 0.3) is 0 Å². The number of pyridine rings is 1. The first-order chi connectivity index (χ1) is 8.25. The SMILES string of the molecule is CC(C)Oc1ncccc1NCc1nccs1. The molecule has 0 fully saturated rings. The number of anilines is 1. The second-order valence-electron chi connectivity index (χ2n) is 3.80. The zero-order chi connectivity index (χ0) is 12.1. The highest BCUT2D eigenvalue weighted by atomic mass is 32.1. The van der Waals surface area contributed by atoms with Crippen LogP contribution in [0.25, 0.3) is 0 Å². The van der Waals surface area contributed by atoms with Crippen molar-refractivity contribution in [1.82, 2.24) is 9.97 Å². The highest BCUT2D eigenvalue weighted by Crippen LogP contribution is 2.22. The first-order valence-corrected chi connectivity index (χ1v) is 6.37. The van der Waals surface area contributed by atoms with Gasteiger partial charge in [0.1, 0.15) is 5.01 Å². The summed E-state index contributed by atoms with van der Waals surface area (Å²) in [5.74, 6) is 0.638. The number of hydrogen-bond acceptors (Lipinski definition) is 5. The van der Waals surface area contributed by atoms with Crippen molar-refractivity contribution in [3.63, 3.8) is 0 Å². The summed E-state index contributed by atoms with van der Waals surface area (Å²) in [6, 6.07) is 3.84. The largest absolute Gasteiger partial charge is 0.473 e. The topological polar surface area (TPSA) is 47.0 Å². The third-order valence-electron chi connectivity index (χ3n) is 2.03. The van der Waals surface area contributed by atoms with Crippen molar-refractivity contribution >= 4 is 17.0 Å². The third kappa shape index (κ3) is 3.42. The number of hydrogen-bond donors (Lipinski definition) is 1. The Morgan fingerprint density at radius 3 is 2.94 bits per heavy atom. The molecule has 0 spiro atoms. The molecule has 2 heterocycles. The van der Waals surface area contributed by atoms with Crippen LogP contribution in [-0.4, -0.2) is 16.1 Å². The van der Waals surface area contributed by atoms with Gasteiger partial charge < -0.3 is 10.1 Å². The zero-order valence-electron chi connectivity index (χ0n) is 9.88. The molecule has 1 N–H and O–H groups in total. The van der Waals surface area contributed by atoms with Gasteiger partial charge in [-0.05, 0) is 26.0 Å². The molecule has 0 atom stereocenters. The van der Waals surface area contributed by atoms with Gasteiger partial charge in [-0.3, -0.25) is 0 Å². The highest BCUT2D eigenvalue weighted by molar-refractivity contribution is 7.09. The first-order valence-electron chi connectivity index (χ1n) is 5.49. The molecule has 0 aliphatic rings. The number of ether oxygens (including phenoxy) is 1. The lowest BCUT2D eigenvalue weighted by Gasteiger charge is -2.13. The van der Waals surface area contributed by atoms with Crippen LogP contribution in [-0.2, 0) is 6.54 Å². The third-order valence-corrected chi connectivity index (χ3v) is 2.81. The minimum absolute atomic E-state index is 0.116. The summed E-state index contributed by atoms with van der Waals surface area (Å²) < 4.78 is 5.62. The van der Waals surface area contributed by atoms with Crippen LogP contribution in [0.3, 0.4) is 0 Å². The molecule has 2 rings (SSSR count). The Morgan fingerprint density at radius 1 is 1.35 bits per heavy atom. The Labute approximate surface area is 105 Å². The van der Waals surface area contributed by atoms with E-state index < -0.39 is 0 Å². The highest BCUT2D eigenvalue weighted by Gasteiger charge is 2.06. The molecule has 0 aromatic carbocycles. The molecule has 0 amide bonds. The summed E-state index contributed by atoms with van der Waals surface area (Å²) in [6.45, 7) is 4.66. The summed E-state index contributed by atoms with van der Waals surface area (Å²) in [7, 11) is 0. The Kier molecular flexibility index (Phi) is 3.93. The van der Waals surface area contributed by atoms with Crippen molar-refractivity contribution in [2.45, 2.75) is 26.5 Å². The lowest BCUT2D eigenvalue weighted by atomic mass is 10.4. The number of nitrogens with one attached hydrogen (secondary N) is 1. The van der Waals surface area contributed by atoms with E-state index in [4.69, 9.17) is 4.74 Å². The summed E-state index contributed by atoms with van der Waals surface area (Å²) in [5.41, 5.74) is 0.899. The van der Waals surface area contributed by atoms with Crippen LogP contribution in [0.2, 0.25) is 0 Å². The van der Waals surface area contributed by atoms with Crippen LogP contribution in [0.15, 0.2) is 29.9 Å². The van der Waals surface area contributed by atoms with Gasteiger partial charge in [0.2, 0.25) is 5.88 Å². The Balaban J connectivity index is 2.04. The van der Waals surface area contributed by atoms with Gasteiger partial charge in [0.15, 0.2) is 0 Å². The van der Waals surface area contributed by atoms with Gasteiger partial charge in [-0.25, -0.2) is 9.97 Å². The van der Waals surface area contributed by atoms with Gasteiger partial charge in [-0.15, -0.1) is 11.3 Å². The van der Waals surface area contributed by atoms with Gasteiger partial charge in [-0.2, -0.15) is 0 Å². The summed E-state index contributed by atoms with van der Waals surface area (Å²) >= 11 is 1.63. The van der Waals surface area contributed by atoms with Crippen LogP contribution in [0.4, 0.5) is 5.69 Å². The van der Waals surface area contributed by atoms with E-state index in [1.165, 1.54) is 0 Å². The van der Waals surface area contributed by atoms with Crippen molar-refractivity contribution in [2.24, 2.45) is 0 Å². The average Bonchev–Trinajstić information content (AvgIpc) is 2.80. The predicted octanol–water partition coefficient (Wildman–Crippen LogP) is 2.94. The normalized spacial score (nSPS) is 10.5. The molecule has 0 saturated carbocycles. The van der Waals surface area contributed by atoms with Gasteiger partial charge >= 0.3 is 0 Å². The Hall–Kier alpha value is -1.62. The maximum Gasteiger partial charge on any atom is 0.237 e. The second kappa shape index (κ2) is 5.63. The van der Waals surface area contributed by atoms with Crippen molar-refractivity contribution in [3.05, 3.63) is 34.9 Å². The molecule has 2 aromatic rings. The summed E-state index contributed by atoms with van der Waals surface area (Å²) in [6.07, 6.45) is 3.65. The summed E-state index contributed by atoms with van der Waals surface area (Å²) in [4.78, 5) is 8.43. The molecule has 4 nitrogen and oxygen atoms in total. The molecular weight excluding hydrogens is 234 g/mol. The van der Waals surface area contributed by atoms with Crippen LogP contribution in [0.5, 0.6) is 5.88 Å². The lowest BCUT2D eigenvalue weighted by molar-refractivity contribution is 0.234.